The zero-order chi connectivity index (χ0) is 19.2. The number of halogens is 1. The largest absolute Gasteiger partial charge is 0.497 e. The van der Waals surface area contributed by atoms with Crippen molar-refractivity contribution < 1.29 is 18.7 Å². The number of nitrogens with zero attached hydrogens (tertiary/aromatic N) is 1. The van der Waals surface area contributed by atoms with Crippen LogP contribution in [0, 0.1) is 11.7 Å². The Morgan fingerprint density at radius 1 is 1.22 bits per heavy atom. The highest BCUT2D eigenvalue weighted by Gasteiger charge is 2.29. The lowest BCUT2D eigenvalue weighted by molar-refractivity contribution is -0.126. The number of carbonyl (C=O) groups excluding carboxylic acids is 2. The third-order valence-electron chi connectivity index (χ3n) is 4.78. The maximum absolute atomic E-state index is 13.9. The molecule has 2 aromatic carbocycles. The summed E-state index contributed by atoms with van der Waals surface area (Å²) in [6, 6.07) is 13.4. The van der Waals surface area contributed by atoms with E-state index in [0.29, 0.717) is 26.1 Å². The molecule has 0 aliphatic carbocycles. The van der Waals surface area contributed by atoms with E-state index in [-0.39, 0.29) is 23.3 Å². The van der Waals surface area contributed by atoms with Crippen molar-refractivity contribution in [3.05, 3.63) is 65.5 Å². The van der Waals surface area contributed by atoms with Crippen molar-refractivity contribution >= 4 is 11.8 Å². The Morgan fingerprint density at radius 2 is 2.04 bits per heavy atom. The molecular weight excluding hydrogens is 347 g/mol. The van der Waals surface area contributed by atoms with Gasteiger partial charge in [0.1, 0.15) is 11.6 Å². The van der Waals surface area contributed by atoms with Gasteiger partial charge in [-0.25, -0.2) is 4.39 Å². The average Bonchev–Trinajstić information content (AvgIpc) is 2.72. The van der Waals surface area contributed by atoms with Crippen LogP contribution in [0.2, 0.25) is 0 Å². The van der Waals surface area contributed by atoms with E-state index < -0.39 is 5.82 Å². The van der Waals surface area contributed by atoms with E-state index in [1.807, 2.05) is 24.3 Å². The lowest BCUT2D eigenvalue weighted by Crippen LogP contribution is -2.45. The number of nitrogens with one attached hydrogen (secondary N) is 1. The van der Waals surface area contributed by atoms with E-state index in [2.05, 4.69) is 5.32 Å². The third-order valence-corrected chi connectivity index (χ3v) is 4.78. The number of hydrogen-bond donors (Lipinski definition) is 1. The summed E-state index contributed by atoms with van der Waals surface area (Å²) in [6.45, 7) is 1.23. The van der Waals surface area contributed by atoms with Crippen molar-refractivity contribution in [2.45, 2.75) is 19.4 Å². The molecule has 0 unspecified atom stereocenters. The van der Waals surface area contributed by atoms with Gasteiger partial charge in [0.25, 0.3) is 5.91 Å². The number of benzene rings is 2. The first kappa shape index (κ1) is 18.9. The summed E-state index contributed by atoms with van der Waals surface area (Å²) < 4.78 is 19.1. The van der Waals surface area contributed by atoms with Crippen molar-refractivity contribution in [2.24, 2.45) is 5.92 Å². The molecule has 1 fully saturated rings. The standard InChI is InChI=1S/C21H23FN2O3/c1-27-17-8-4-6-15(12-17)13-23-20(25)16-7-5-11-24(14-16)21(26)18-9-2-3-10-19(18)22/h2-4,6,8-10,12,16H,5,7,11,13-14H2,1H3,(H,23,25)/t16-/m1/s1. The van der Waals surface area contributed by atoms with Gasteiger partial charge in [0.05, 0.1) is 18.6 Å². The van der Waals surface area contributed by atoms with Crippen molar-refractivity contribution in [3.8, 4) is 5.75 Å². The second-order valence-corrected chi connectivity index (χ2v) is 6.64. The number of likely N-dealkylation sites (tertiary alicyclic amines) is 1. The van der Waals surface area contributed by atoms with E-state index in [0.717, 1.165) is 17.7 Å². The van der Waals surface area contributed by atoms with Crippen LogP contribution in [0.4, 0.5) is 4.39 Å². The number of piperidine rings is 1. The Bertz CT molecular complexity index is 825. The van der Waals surface area contributed by atoms with Crippen LogP contribution in [0.25, 0.3) is 0 Å². The molecule has 1 saturated heterocycles. The third kappa shape index (κ3) is 4.64. The minimum absolute atomic E-state index is 0.0509. The first-order chi connectivity index (χ1) is 13.1. The number of methoxy groups -OCH3 is 1. The molecule has 2 aromatic rings. The second kappa shape index (κ2) is 8.66. The van der Waals surface area contributed by atoms with Crippen LogP contribution in [-0.2, 0) is 11.3 Å². The molecule has 0 aromatic heterocycles. The minimum atomic E-state index is -0.535. The zero-order valence-electron chi connectivity index (χ0n) is 15.3. The molecule has 0 saturated carbocycles. The number of hydrogen-bond acceptors (Lipinski definition) is 3. The average molecular weight is 370 g/mol. The van der Waals surface area contributed by atoms with Crippen molar-refractivity contribution in [1.29, 1.82) is 0 Å². The molecular formula is C21H23FN2O3. The Morgan fingerprint density at radius 3 is 2.81 bits per heavy atom. The minimum Gasteiger partial charge on any atom is -0.497 e. The lowest BCUT2D eigenvalue weighted by atomic mass is 9.96. The molecule has 3 rings (SSSR count). The molecule has 1 atom stereocenters. The SMILES string of the molecule is COc1cccc(CNC(=O)[C@@H]2CCCN(C(=O)c3ccccc3F)C2)c1. The van der Waals surface area contributed by atoms with E-state index in [9.17, 15) is 14.0 Å². The van der Waals surface area contributed by atoms with Crippen LogP contribution in [0.3, 0.4) is 0 Å². The first-order valence-electron chi connectivity index (χ1n) is 9.03. The van der Waals surface area contributed by atoms with Crippen LogP contribution in [0.15, 0.2) is 48.5 Å². The molecule has 2 amide bonds. The van der Waals surface area contributed by atoms with Crippen molar-refractivity contribution in [3.63, 3.8) is 0 Å². The summed E-state index contributed by atoms with van der Waals surface area (Å²) in [7, 11) is 1.60. The molecule has 5 nitrogen and oxygen atoms in total. The first-order valence-corrected chi connectivity index (χ1v) is 9.03. The Hall–Kier alpha value is -2.89. The normalized spacial score (nSPS) is 16.7. The summed E-state index contributed by atoms with van der Waals surface area (Å²) in [6.07, 6.45) is 1.43. The molecule has 1 N–H and O–H groups in total. The van der Waals surface area contributed by atoms with Crippen molar-refractivity contribution in [1.82, 2.24) is 10.2 Å². The molecule has 0 bridgehead atoms. The topological polar surface area (TPSA) is 58.6 Å². The fourth-order valence-corrected chi connectivity index (χ4v) is 3.30. The summed E-state index contributed by atoms with van der Waals surface area (Å²) in [4.78, 5) is 26.7. The van der Waals surface area contributed by atoms with Crippen LogP contribution >= 0.6 is 0 Å². The van der Waals surface area contributed by atoms with E-state index >= 15 is 0 Å². The molecule has 6 heteroatoms. The Labute approximate surface area is 158 Å². The van der Waals surface area contributed by atoms with Gasteiger partial charge in [0.15, 0.2) is 0 Å². The molecule has 0 spiro atoms. The van der Waals surface area contributed by atoms with Gasteiger partial charge < -0.3 is 15.0 Å². The smallest absolute Gasteiger partial charge is 0.256 e. The van der Waals surface area contributed by atoms with Crippen LogP contribution in [0.1, 0.15) is 28.8 Å². The van der Waals surface area contributed by atoms with Gasteiger partial charge >= 0.3 is 0 Å². The number of carbonyl (C=O) groups is 2. The highest BCUT2D eigenvalue weighted by atomic mass is 19.1. The fourth-order valence-electron chi connectivity index (χ4n) is 3.30. The van der Waals surface area contributed by atoms with Crippen LogP contribution in [-0.4, -0.2) is 36.9 Å². The predicted molar refractivity (Wildman–Crippen MR) is 99.9 cm³/mol. The summed E-state index contributed by atoms with van der Waals surface area (Å²) in [5.41, 5.74) is 0.993. The summed E-state index contributed by atoms with van der Waals surface area (Å²) in [5.74, 6) is -0.546. The molecule has 1 aliphatic heterocycles. The van der Waals surface area contributed by atoms with E-state index in [1.165, 1.54) is 12.1 Å². The fraction of sp³-hybridized carbons (Fsp3) is 0.333. The quantitative estimate of drug-likeness (QED) is 0.880. The zero-order valence-corrected chi connectivity index (χ0v) is 15.3. The van der Waals surface area contributed by atoms with E-state index in [1.54, 1.807) is 24.1 Å². The summed E-state index contributed by atoms with van der Waals surface area (Å²) >= 11 is 0. The number of amides is 2. The van der Waals surface area contributed by atoms with Gasteiger partial charge in [0, 0.05) is 19.6 Å². The highest BCUT2D eigenvalue weighted by Crippen LogP contribution is 2.20. The Kier molecular flexibility index (Phi) is 6.06. The van der Waals surface area contributed by atoms with Gasteiger partial charge in [0.2, 0.25) is 5.91 Å². The summed E-state index contributed by atoms with van der Waals surface area (Å²) in [5, 5.41) is 2.92. The van der Waals surface area contributed by atoms with Crippen molar-refractivity contribution in [2.75, 3.05) is 20.2 Å². The van der Waals surface area contributed by atoms with E-state index in [4.69, 9.17) is 4.74 Å². The number of rotatable bonds is 5. The number of ether oxygens (including phenoxy) is 1. The molecule has 0 radical (unpaired) electrons. The van der Waals surface area contributed by atoms with Gasteiger partial charge in [-0.05, 0) is 42.7 Å². The maximum atomic E-state index is 13.9. The maximum Gasteiger partial charge on any atom is 0.256 e. The second-order valence-electron chi connectivity index (χ2n) is 6.64. The highest BCUT2D eigenvalue weighted by molar-refractivity contribution is 5.95. The lowest BCUT2D eigenvalue weighted by Gasteiger charge is -2.32. The molecule has 1 aliphatic rings. The monoisotopic (exact) mass is 370 g/mol. The predicted octanol–water partition coefficient (Wildman–Crippen LogP) is 3.00. The van der Waals surface area contributed by atoms with Gasteiger partial charge in [-0.3, -0.25) is 9.59 Å². The van der Waals surface area contributed by atoms with Gasteiger partial charge in [-0.1, -0.05) is 24.3 Å². The molecule has 142 valence electrons. The van der Waals surface area contributed by atoms with Crippen LogP contribution < -0.4 is 10.1 Å². The van der Waals surface area contributed by atoms with Crippen LogP contribution in [0.5, 0.6) is 5.75 Å². The molecule has 27 heavy (non-hydrogen) atoms. The van der Waals surface area contributed by atoms with Gasteiger partial charge in [-0.2, -0.15) is 0 Å². The molecule has 1 heterocycles. The Balaban J connectivity index is 1.59. The van der Waals surface area contributed by atoms with Gasteiger partial charge in [-0.15, -0.1) is 0 Å².